The van der Waals surface area contributed by atoms with Crippen LogP contribution in [-0.2, 0) is 24.8 Å². The third-order valence-corrected chi connectivity index (χ3v) is 10.2. The summed E-state index contributed by atoms with van der Waals surface area (Å²) in [5.41, 5.74) is 1.93. The molecule has 0 amide bonds. The molecule has 2 aliphatic rings. The van der Waals surface area contributed by atoms with E-state index in [4.69, 9.17) is 4.74 Å². The smallest absolute Gasteiger partial charge is 0.283 e. The minimum Gasteiger partial charge on any atom is -0.379 e. The first-order chi connectivity index (χ1) is 18.0. The zero-order chi connectivity index (χ0) is 27.5. The lowest BCUT2D eigenvalue weighted by molar-refractivity contribution is 0.0396. The average Bonchev–Trinajstić information content (AvgIpc) is 2.89. The molecule has 0 radical (unpaired) electrons. The van der Waals surface area contributed by atoms with Crippen LogP contribution in [0, 0.1) is 19.8 Å². The Bertz CT molecular complexity index is 1330. The van der Waals surface area contributed by atoms with E-state index in [9.17, 15) is 16.8 Å². The van der Waals surface area contributed by atoms with Crippen LogP contribution in [0.15, 0.2) is 62.7 Å². The number of ether oxygens (including phenoxy) is 1. The molecular weight excluding hydrogens is 524 g/mol. The molecule has 0 spiro atoms. The maximum atomic E-state index is 13.8. The maximum absolute atomic E-state index is 13.8. The molecule has 0 aliphatic carbocycles. The summed E-state index contributed by atoms with van der Waals surface area (Å²) in [6.45, 7) is 11.3. The molecule has 2 aromatic rings. The van der Waals surface area contributed by atoms with E-state index in [-0.39, 0.29) is 22.3 Å². The summed E-state index contributed by atoms with van der Waals surface area (Å²) in [5.74, 6) is 0.238. The molecule has 0 saturated carbocycles. The van der Waals surface area contributed by atoms with Crippen molar-refractivity contribution in [2.45, 2.75) is 50.1 Å². The molecule has 2 fully saturated rings. The molecule has 1 atom stereocenters. The van der Waals surface area contributed by atoms with Gasteiger partial charge in [0.15, 0.2) is 0 Å². The molecule has 11 heteroatoms. The maximum Gasteiger partial charge on any atom is 0.283 e. The highest BCUT2D eigenvalue weighted by molar-refractivity contribution is 7.90. The largest absolute Gasteiger partial charge is 0.379 e. The first kappa shape index (κ1) is 28.7. The summed E-state index contributed by atoms with van der Waals surface area (Å²) in [5, 5.41) is 0. The summed E-state index contributed by atoms with van der Waals surface area (Å²) in [7, 11) is -7.83. The van der Waals surface area contributed by atoms with Gasteiger partial charge < -0.3 is 9.64 Å². The van der Waals surface area contributed by atoms with Gasteiger partial charge in [-0.25, -0.2) is 8.42 Å². The molecular formula is C27H38N4O5S2. The fourth-order valence-electron chi connectivity index (χ4n) is 4.93. The fourth-order valence-corrected chi connectivity index (χ4v) is 7.72. The Morgan fingerprint density at radius 3 is 1.97 bits per heavy atom. The highest BCUT2D eigenvalue weighted by Crippen LogP contribution is 2.29. The Morgan fingerprint density at radius 2 is 1.42 bits per heavy atom. The molecule has 2 aromatic carbocycles. The van der Waals surface area contributed by atoms with E-state index in [0.717, 1.165) is 11.1 Å². The number of nitrogens with zero attached hydrogens (tertiary/aromatic N) is 4. The van der Waals surface area contributed by atoms with Crippen molar-refractivity contribution < 1.29 is 21.6 Å². The minimum atomic E-state index is -4.01. The number of aryl methyl sites for hydroxylation is 2. The van der Waals surface area contributed by atoms with Gasteiger partial charge in [-0.05, 0) is 50.5 Å². The molecule has 2 heterocycles. The zero-order valence-electron chi connectivity index (χ0n) is 22.6. The first-order valence-electron chi connectivity index (χ1n) is 13.0. The van der Waals surface area contributed by atoms with E-state index in [0.29, 0.717) is 51.6 Å². The lowest BCUT2D eigenvalue weighted by Gasteiger charge is -2.47. The van der Waals surface area contributed by atoms with E-state index < -0.39 is 26.2 Å². The Labute approximate surface area is 227 Å². The van der Waals surface area contributed by atoms with Crippen LogP contribution in [0.1, 0.15) is 31.4 Å². The standard InChI is InChI=1S/C27H38N4O5S2/c1-21(2)27-30(14-5-15-31(27)38(34,35)25-12-8-23(4)9-13-25)26(20-29-16-18-36-19-17-29)28-37(32,33)24-10-6-22(3)7-11-24/h6-13,21,27H,5,14-20H2,1-4H3/b28-26+/t27-/m0/s1. The van der Waals surface area contributed by atoms with Gasteiger partial charge in [-0.15, -0.1) is 4.40 Å². The normalized spacial score (nSPS) is 20.7. The topological polar surface area (TPSA) is 99.6 Å². The van der Waals surface area contributed by atoms with Gasteiger partial charge in [0.25, 0.3) is 10.0 Å². The molecule has 4 rings (SSSR count). The highest BCUT2D eigenvalue weighted by Gasteiger charge is 2.41. The lowest BCUT2D eigenvalue weighted by atomic mass is 10.1. The number of rotatable bonds is 7. The van der Waals surface area contributed by atoms with Gasteiger partial charge in [0.1, 0.15) is 5.84 Å². The first-order valence-corrected chi connectivity index (χ1v) is 15.9. The van der Waals surface area contributed by atoms with E-state index >= 15 is 0 Å². The summed E-state index contributed by atoms with van der Waals surface area (Å²) in [4.78, 5) is 4.35. The van der Waals surface area contributed by atoms with Gasteiger partial charge in [0.05, 0.1) is 35.7 Å². The number of sulfonamides is 2. The van der Waals surface area contributed by atoms with Crippen LogP contribution in [0.25, 0.3) is 0 Å². The van der Waals surface area contributed by atoms with Gasteiger partial charge in [-0.2, -0.15) is 12.7 Å². The predicted octanol–water partition coefficient (Wildman–Crippen LogP) is 3.10. The molecule has 0 bridgehead atoms. The summed E-state index contributed by atoms with van der Waals surface area (Å²) in [6, 6.07) is 13.5. The molecule has 0 N–H and O–H groups in total. The molecule has 0 unspecified atom stereocenters. The Kier molecular flexibility index (Phi) is 8.93. The van der Waals surface area contributed by atoms with Crippen LogP contribution in [-0.4, -0.2) is 88.9 Å². The average molecular weight is 563 g/mol. The van der Waals surface area contributed by atoms with Crippen molar-refractivity contribution in [1.29, 1.82) is 0 Å². The number of amidine groups is 1. The quantitative estimate of drug-likeness (QED) is 0.378. The van der Waals surface area contributed by atoms with Crippen molar-refractivity contribution in [3.8, 4) is 0 Å². The van der Waals surface area contributed by atoms with E-state index in [2.05, 4.69) is 9.30 Å². The number of morpholine rings is 1. The van der Waals surface area contributed by atoms with Crippen LogP contribution < -0.4 is 0 Å². The number of hydrogen-bond donors (Lipinski definition) is 0. The van der Waals surface area contributed by atoms with Crippen LogP contribution in [0.2, 0.25) is 0 Å². The predicted molar refractivity (Wildman–Crippen MR) is 148 cm³/mol. The highest BCUT2D eigenvalue weighted by atomic mass is 32.2. The van der Waals surface area contributed by atoms with Crippen molar-refractivity contribution in [1.82, 2.24) is 14.1 Å². The fraction of sp³-hybridized carbons (Fsp3) is 0.519. The second kappa shape index (κ2) is 11.8. The number of hydrogen-bond acceptors (Lipinski definition) is 6. The number of benzene rings is 2. The third-order valence-electron chi connectivity index (χ3n) is 6.96. The van der Waals surface area contributed by atoms with E-state index in [1.54, 1.807) is 48.5 Å². The van der Waals surface area contributed by atoms with Crippen molar-refractivity contribution >= 4 is 25.9 Å². The third kappa shape index (κ3) is 6.45. The molecule has 38 heavy (non-hydrogen) atoms. The SMILES string of the molecule is Cc1ccc(S(=O)(=O)/N=C(\CN2CCOCC2)N2CCCN(S(=O)(=O)c3ccc(C)cc3)[C@H]2C(C)C)cc1. The summed E-state index contributed by atoms with van der Waals surface area (Å²) < 4.78 is 65.9. The van der Waals surface area contributed by atoms with Crippen molar-refractivity contribution in [2.24, 2.45) is 10.3 Å². The van der Waals surface area contributed by atoms with Gasteiger partial charge in [0, 0.05) is 26.2 Å². The van der Waals surface area contributed by atoms with Gasteiger partial charge in [-0.3, -0.25) is 4.90 Å². The molecule has 2 saturated heterocycles. The molecule has 9 nitrogen and oxygen atoms in total. The van der Waals surface area contributed by atoms with Crippen LogP contribution >= 0.6 is 0 Å². The second-order valence-corrected chi connectivity index (χ2v) is 13.8. The van der Waals surface area contributed by atoms with Gasteiger partial charge in [-0.1, -0.05) is 49.2 Å². The van der Waals surface area contributed by atoms with Crippen LogP contribution in [0.4, 0.5) is 0 Å². The van der Waals surface area contributed by atoms with E-state index in [1.165, 1.54) is 4.31 Å². The minimum absolute atomic E-state index is 0.116. The second-order valence-electron chi connectivity index (χ2n) is 10.3. The Hall–Kier alpha value is -2.31. The van der Waals surface area contributed by atoms with Crippen molar-refractivity contribution in [2.75, 3.05) is 45.9 Å². The summed E-state index contributed by atoms with van der Waals surface area (Å²) >= 11 is 0. The van der Waals surface area contributed by atoms with Crippen LogP contribution in [0.3, 0.4) is 0 Å². The Morgan fingerprint density at radius 1 is 0.868 bits per heavy atom. The van der Waals surface area contributed by atoms with Gasteiger partial charge in [0.2, 0.25) is 10.0 Å². The molecule has 0 aromatic heterocycles. The van der Waals surface area contributed by atoms with Crippen molar-refractivity contribution in [3.63, 3.8) is 0 Å². The molecule has 208 valence electrons. The van der Waals surface area contributed by atoms with Crippen molar-refractivity contribution in [3.05, 3.63) is 59.7 Å². The summed E-state index contributed by atoms with van der Waals surface area (Å²) in [6.07, 6.45) is -0.0239. The van der Waals surface area contributed by atoms with E-state index in [1.807, 2.05) is 32.6 Å². The molecule has 2 aliphatic heterocycles. The zero-order valence-corrected chi connectivity index (χ0v) is 24.2. The monoisotopic (exact) mass is 562 g/mol. The van der Waals surface area contributed by atoms with Crippen LogP contribution in [0.5, 0.6) is 0 Å². The Balaban J connectivity index is 1.76. The van der Waals surface area contributed by atoms with Gasteiger partial charge >= 0.3 is 0 Å². The lowest BCUT2D eigenvalue weighted by Crippen LogP contribution is -2.61.